The lowest BCUT2D eigenvalue weighted by atomic mass is 10.1. The number of rotatable bonds is 14. The maximum Gasteiger partial charge on any atom is 0.516 e. The number of benzene rings is 1. The molecule has 1 aromatic heterocycles. The first-order valence-electron chi connectivity index (χ1n) is 11.8. The Morgan fingerprint density at radius 1 is 0.906 bits per heavy atom. The van der Waals surface area contributed by atoms with Crippen molar-refractivity contribution in [3.63, 3.8) is 0 Å². The van der Waals surface area contributed by atoms with Crippen LogP contribution in [0.4, 0.5) is 4.79 Å². The zero-order chi connectivity index (χ0) is 22.6. The molecule has 0 unspecified atom stereocenters. The molecule has 0 amide bonds. The van der Waals surface area contributed by atoms with Gasteiger partial charge in [-0.25, -0.2) is 14.8 Å². The first-order valence-corrected chi connectivity index (χ1v) is 11.8. The van der Waals surface area contributed by atoms with Crippen LogP contribution in [0.1, 0.15) is 71.6 Å². The SMILES string of the molecule is CCCCCCCCCOc1ncc(-c2ccc(OC(=O)O[C@H]3O[C@@H]3CCC)cc2)cn1. The highest BCUT2D eigenvalue weighted by molar-refractivity contribution is 5.66. The summed E-state index contributed by atoms with van der Waals surface area (Å²) in [5.41, 5.74) is 1.77. The van der Waals surface area contributed by atoms with E-state index in [0.29, 0.717) is 18.4 Å². The first-order chi connectivity index (χ1) is 15.7. The van der Waals surface area contributed by atoms with Gasteiger partial charge in [0.1, 0.15) is 11.9 Å². The molecule has 2 heterocycles. The molecule has 1 aliphatic heterocycles. The molecule has 1 fully saturated rings. The zero-order valence-corrected chi connectivity index (χ0v) is 19.1. The van der Waals surface area contributed by atoms with Gasteiger partial charge in [-0.15, -0.1) is 0 Å². The smallest absolute Gasteiger partial charge is 0.463 e. The summed E-state index contributed by atoms with van der Waals surface area (Å²) in [6.07, 6.45) is 12.8. The van der Waals surface area contributed by atoms with Gasteiger partial charge in [0, 0.05) is 18.0 Å². The van der Waals surface area contributed by atoms with Crippen LogP contribution in [-0.4, -0.2) is 35.1 Å². The number of hydrogen-bond donors (Lipinski definition) is 0. The molecule has 2 atom stereocenters. The minimum Gasteiger partial charge on any atom is -0.463 e. The van der Waals surface area contributed by atoms with E-state index in [1.165, 1.54) is 38.5 Å². The number of nitrogens with zero attached hydrogens (tertiary/aromatic N) is 2. The van der Waals surface area contributed by atoms with Crippen molar-refractivity contribution >= 4 is 6.16 Å². The van der Waals surface area contributed by atoms with Crippen LogP contribution in [0.5, 0.6) is 11.8 Å². The van der Waals surface area contributed by atoms with E-state index < -0.39 is 12.4 Å². The molecule has 0 N–H and O–H groups in total. The molecule has 1 aromatic carbocycles. The fraction of sp³-hybridized carbons (Fsp3) is 0.560. The van der Waals surface area contributed by atoms with Crippen molar-refractivity contribution in [1.82, 2.24) is 9.97 Å². The van der Waals surface area contributed by atoms with Crippen LogP contribution in [0.25, 0.3) is 11.1 Å². The molecular formula is C25H34N2O5. The lowest BCUT2D eigenvalue weighted by molar-refractivity contribution is 0.0562. The predicted molar refractivity (Wildman–Crippen MR) is 122 cm³/mol. The number of carbonyl (C=O) groups excluding carboxylic acids is 1. The summed E-state index contributed by atoms with van der Waals surface area (Å²) >= 11 is 0. The molecule has 32 heavy (non-hydrogen) atoms. The summed E-state index contributed by atoms with van der Waals surface area (Å²) in [6, 6.07) is 7.49. The van der Waals surface area contributed by atoms with Gasteiger partial charge in [-0.2, -0.15) is 0 Å². The summed E-state index contributed by atoms with van der Waals surface area (Å²) < 4.78 is 21.2. The Labute approximate surface area is 190 Å². The molecule has 0 spiro atoms. The second-order valence-electron chi connectivity index (χ2n) is 8.05. The predicted octanol–water partition coefficient (Wildman–Crippen LogP) is 6.31. The van der Waals surface area contributed by atoms with Crippen molar-refractivity contribution < 1.29 is 23.7 Å². The second-order valence-corrected chi connectivity index (χ2v) is 8.05. The van der Waals surface area contributed by atoms with Crippen molar-refractivity contribution in [2.45, 2.75) is 84.0 Å². The van der Waals surface area contributed by atoms with E-state index in [4.69, 9.17) is 18.9 Å². The van der Waals surface area contributed by atoms with Gasteiger partial charge in [0.05, 0.1) is 6.61 Å². The van der Waals surface area contributed by atoms with Gasteiger partial charge < -0.3 is 18.9 Å². The molecule has 0 radical (unpaired) electrons. The Kier molecular flexibility index (Phi) is 9.75. The van der Waals surface area contributed by atoms with Crippen LogP contribution in [0.3, 0.4) is 0 Å². The monoisotopic (exact) mass is 442 g/mol. The average Bonchev–Trinajstić information content (AvgIpc) is 3.53. The second kappa shape index (κ2) is 13.0. The third-order valence-electron chi connectivity index (χ3n) is 5.32. The fourth-order valence-electron chi connectivity index (χ4n) is 3.41. The zero-order valence-electron chi connectivity index (χ0n) is 19.1. The topological polar surface area (TPSA) is 83.1 Å². The Hall–Kier alpha value is -2.67. The minimum atomic E-state index is -0.757. The third-order valence-corrected chi connectivity index (χ3v) is 5.32. The molecule has 174 valence electrons. The minimum absolute atomic E-state index is 0.00238. The van der Waals surface area contributed by atoms with Crippen LogP contribution < -0.4 is 9.47 Å². The van der Waals surface area contributed by atoms with Crippen LogP contribution in [0.2, 0.25) is 0 Å². The molecular weight excluding hydrogens is 408 g/mol. The van der Waals surface area contributed by atoms with E-state index in [1.807, 2.05) is 12.1 Å². The maximum absolute atomic E-state index is 11.8. The molecule has 7 nitrogen and oxygen atoms in total. The fourth-order valence-corrected chi connectivity index (χ4v) is 3.41. The summed E-state index contributed by atoms with van der Waals surface area (Å²) in [5, 5.41) is 0. The van der Waals surface area contributed by atoms with Crippen LogP contribution in [0, 0.1) is 0 Å². The van der Waals surface area contributed by atoms with E-state index in [1.54, 1.807) is 24.5 Å². The Balaban J connectivity index is 1.37. The van der Waals surface area contributed by atoms with Gasteiger partial charge in [-0.1, -0.05) is 70.9 Å². The molecule has 2 aromatic rings. The summed E-state index contributed by atoms with van der Waals surface area (Å²) in [7, 11) is 0. The van der Waals surface area contributed by atoms with E-state index >= 15 is 0 Å². The average molecular weight is 443 g/mol. The number of hydrogen-bond acceptors (Lipinski definition) is 7. The molecule has 1 aliphatic rings. The molecule has 0 saturated carbocycles. The normalized spacial score (nSPS) is 17.1. The molecule has 3 rings (SSSR count). The number of aromatic nitrogens is 2. The van der Waals surface area contributed by atoms with Crippen molar-refractivity contribution in [3.05, 3.63) is 36.7 Å². The van der Waals surface area contributed by atoms with Gasteiger partial charge in [-0.05, 0) is 30.5 Å². The number of carbonyl (C=O) groups is 1. The lowest BCUT2D eigenvalue weighted by Gasteiger charge is -2.07. The number of ether oxygens (including phenoxy) is 4. The standard InChI is InChI=1S/C25H34N2O5/c1-3-5-6-7-8-9-10-16-29-24-26-17-20(18-27-24)19-12-14-21(15-13-19)30-25(28)32-23-22(31-23)11-4-2/h12-15,17-18,22-23H,3-11,16H2,1-2H3/t22-,23-/m1/s1. The van der Waals surface area contributed by atoms with E-state index in [-0.39, 0.29) is 6.10 Å². The van der Waals surface area contributed by atoms with Crippen molar-refractivity contribution in [2.24, 2.45) is 0 Å². The number of epoxide rings is 1. The lowest BCUT2D eigenvalue weighted by Crippen LogP contribution is -2.14. The Morgan fingerprint density at radius 3 is 2.28 bits per heavy atom. The van der Waals surface area contributed by atoms with Crippen LogP contribution >= 0.6 is 0 Å². The van der Waals surface area contributed by atoms with Gasteiger partial charge in [0.25, 0.3) is 0 Å². The van der Waals surface area contributed by atoms with E-state index in [9.17, 15) is 4.79 Å². The third kappa shape index (κ3) is 8.11. The highest BCUT2D eigenvalue weighted by Crippen LogP contribution is 2.28. The summed E-state index contributed by atoms with van der Waals surface area (Å²) in [5.74, 6) is 0.405. The quantitative estimate of drug-likeness (QED) is 0.147. The van der Waals surface area contributed by atoms with E-state index in [2.05, 4.69) is 23.8 Å². The number of unbranched alkanes of at least 4 members (excludes halogenated alkanes) is 6. The van der Waals surface area contributed by atoms with Crippen molar-refractivity contribution in [3.8, 4) is 22.9 Å². The van der Waals surface area contributed by atoms with Crippen LogP contribution in [-0.2, 0) is 9.47 Å². The van der Waals surface area contributed by atoms with Crippen molar-refractivity contribution in [2.75, 3.05) is 6.61 Å². The largest absolute Gasteiger partial charge is 0.516 e. The van der Waals surface area contributed by atoms with Gasteiger partial charge in [0.2, 0.25) is 6.29 Å². The highest BCUT2D eigenvalue weighted by atomic mass is 16.8. The van der Waals surface area contributed by atoms with Crippen molar-refractivity contribution in [1.29, 1.82) is 0 Å². The maximum atomic E-state index is 11.8. The van der Waals surface area contributed by atoms with Gasteiger partial charge in [0.15, 0.2) is 0 Å². The molecule has 0 bridgehead atoms. The molecule has 7 heteroatoms. The molecule has 1 saturated heterocycles. The highest BCUT2D eigenvalue weighted by Gasteiger charge is 2.42. The first kappa shape index (κ1) is 24.0. The van der Waals surface area contributed by atoms with Crippen LogP contribution in [0.15, 0.2) is 36.7 Å². The summed E-state index contributed by atoms with van der Waals surface area (Å²) in [4.78, 5) is 20.4. The summed E-state index contributed by atoms with van der Waals surface area (Å²) in [6.45, 7) is 4.93. The Bertz CT molecular complexity index is 810. The van der Waals surface area contributed by atoms with E-state index in [0.717, 1.165) is 30.4 Å². The molecule has 0 aliphatic carbocycles. The van der Waals surface area contributed by atoms with Gasteiger partial charge in [-0.3, -0.25) is 0 Å². The van der Waals surface area contributed by atoms with Gasteiger partial charge >= 0.3 is 12.2 Å². The Morgan fingerprint density at radius 2 is 1.59 bits per heavy atom.